The molecule has 0 bridgehead atoms. The zero-order valence-electron chi connectivity index (χ0n) is 17.0. The minimum Gasteiger partial charge on any atom is -0.312 e. The molecule has 3 heterocycles. The highest BCUT2D eigenvalue weighted by Crippen LogP contribution is 2.40. The molecule has 3 aromatic rings. The van der Waals surface area contributed by atoms with Crippen molar-refractivity contribution < 1.29 is 9.59 Å². The molecule has 1 unspecified atom stereocenters. The third-order valence-electron chi connectivity index (χ3n) is 5.60. The summed E-state index contributed by atoms with van der Waals surface area (Å²) in [6, 6.07) is 12.5. The maximum atomic E-state index is 13.0. The number of nitrogens with zero attached hydrogens (tertiary/aromatic N) is 4. The van der Waals surface area contributed by atoms with Crippen molar-refractivity contribution in [2.45, 2.75) is 32.1 Å². The number of aromatic amines is 1. The number of aromatic nitrogens is 4. The second-order valence-electron chi connectivity index (χ2n) is 8.08. The van der Waals surface area contributed by atoms with E-state index in [0.717, 1.165) is 24.2 Å². The summed E-state index contributed by atoms with van der Waals surface area (Å²) in [5, 5.41) is 7.48. The van der Waals surface area contributed by atoms with Crippen LogP contribution in [0.4, 0.5) is 11.5 Å². The Labute approximate surface area is 178 Å². The third kappa shape index (κ3) is 3.86. The number of benzene rings is 1. The van der Waals surface area contributed by atoms with Crippen LogP contribution in [0.25, 0.3) is 5.95 Å². The van der Waals surface area contributed by atoms with Gasteiger partial charge < -0.3 is 10.2 Å². The van der Waals surface area contributed by atoms with E-state index in [0.29, 0.717) is 24.0 Å². The lowest BCUT2D eigenvalue weighted by molar-refractivity contribution is -0.122. The number of nitrogens with one attached hydrogen (secondary N) is 2. The molecule has 158 valence electrons. The van der Waals surface area contributed by atoms with Crippen molar-refractivity contribution in [2.24, 2.45) is 5.92 Å². The van der Waals surface area contributed by atoms with Crippen LogP contribution in [0.2, 0.25) is 0 Å². The second-order valence-corrected chi connectivity index (χ2v) is 8.08. The molecule has 31 heavy (non-hydrogen) atoms. The Morgan fingerprint density at radius 3 is 2.65 bits per heavy atom. The molecule has 1 aromatic carbocycles. The van der Waals surface area contributed by atoms with Crippen molar-refractivity contribution in [3.63, 3.8) is 0 Å². The van der Waals surface area contributed by atoms with Gasteiger partial charge in [-0.3, -0.25) is 19.4 Å². The monoisotopic (exact) mass is 418 g/mol. The minimum atomic E-state index is -0.482. The summed E-state index contributed by atoms with van der Waals surface area (Å²) < 4.78 is 1.46. The fourth-order valence-corrected chi connectivity index (χ4v) is 3.86. The van der Waals surface area contributed by atoms with Crippen molar-refractivity contribution in [2.75, 3.05) is 16.8 Å². The van der Waals surface area contributed by atoms with Crippen molar-refractivity contribution in [3.05, 3.63) is 64.2 Å². The van der Waals surface area contributed by atoms with E-state index in [2.05, 4.69) is 20.4 Å². The van der Waals surface area contributed by atoms with Gasteiger partial charge in [-0.05, 0) is 31.9 Å². The quantitative estimate of drug-likeness (QED) is 0.659. The summed E-state index contributed by atoms with van der Waals surface area (Å²) in [4.78, 5) is 46.1. The zero-order valence-corrected chi connectivity index (χ0v) is 17.0. The summed E-state index contributed by atoms with van der Waals surface area (Å²) >= 11 is 0. The molecule has 1 saturated heterocycles. The Morgan fingerprint density at radius 1 is 1.16 bits per heavy atom. The van der Waals surface area contributed by atoms with E-state index in [1.165, 1.54) is 10.7 Å². The normalized spacial score (nSPS) is 18.4. The predicted molar refractivity (Wildman–Crippen MR) is 114 cm³/mol. The zero-order chi connectivity index (χ0) is 21.5. The lowest BCUT2D eigenvalue weighted by atomic mass is 10.1. The number of hydrogen-bond acceptors (Lipinski definition) is 5. The van der Waals surface area contributed by atoms with Gasteiger partial charge in [-0.1, -0.05) is 18.2 Å². The van der Waals surface area contributed by atoms with Crippen molar-refractivity contribution >= 4 is 23.3 Å². The molecule has 2 aliphatic rings. The maximum Gasteiger partial charge on any atom is 0.252 e. The fraction of sp³-hybridized carbons (Fsp3) is 0.318. The summed E-state index contributed by atoms with van der Waals surface area (Å²) in [6.07, 6.45) is 2.24. The molecule has 0 radical (unpaired) electrons. The molecule has 1 aliphatic carbocycles. The van der Waals surface area contributed by atoms with Crippen LogP contribution in [0.5, 0.6) is 0 Å². The average Bonchev–Trinajstić information content (AvgIpc) is 3.39. The van der Waals surface area contributed by atoms with Gasteiger partial charge in [0.25, 0.3) is 5.56 Å². The average molecular weight is 418 g/mol. The van der Waals surface area contributed by atoms with E-state index in [4.69, 9.17) is 0 Å². The second kappa shape index (κ2) is 7.50. The van der Waals surface area contributed by atoms with E-state index in [1.54, 1.807) is 11.8 Å². The lowest BCUT2D eigenvalue weighted by Crippen LogP contribution is -2.28. The Kier molecular flexibility index (Phi) is 4.65. The first kappa shape index (κ1) is 19.2. The number of anilines is 2. The van der Waals surface area contributed by atoms with Gasteiger partial charge in [0.05, 0.1) is 11.6 Å². The van der Waals surface area contributed by atoms with Gasteiger partial charge in [0.1, 0.15) is 5.82 Å². The molecule has 1 atom stereocenters. The van der Waals surface area contributed by atoms with Crippen LogP contribution in [0.1, 0.15) is 36.6 Å². The van der Waals surface area contributed by atoms with Gasteiger partial charge in [-0.2, -0.15) is 9.78 Å². The Morgan fingerprint density at radius 2 is 1.94 bits per heavy atom. The number of hydrogen-bond donors (Lipinski definition) is 2. The number of para-hydroxylation sites is 1. The van der Waals surface area contributed by atoms with E-state index < -0.39 is 5.92 Å². The first-order chi connectivity index (χ1) is 15.0. The van der Waals surface area contributed by atoms with Gasteiger partial charge in [-0.25, -0.2) is 4.98 Å². The van der Waals surface area contributed by atoms with Gasteiger partial charge >= 0.3 is 0 Å². The van der Waals surface area contributed by atoms with Gasteiger partial charge in [0.15, 0.2) is 0 Å². The van der Waals surface area contributed by atoms with E-state index in [1.807, 2.05) is 36.4 Å². The van der Waals surface area contributed by atoms with Gasteiger partial charge in [0.2, 0.25) is 17.8 Å². The smallest absolute Gasteiger partial charge is 0.252 e. The SMILES string of the molecule is Cc1cc(=O)[nH]c(-n2nc(C3CC3)cc2NC(=O)C2CC(=O)N(c3ccccc3)C2)n1. The maximum absolute atomic E-state index is 13.0. The largest absolute Gasteiger partial charge is 0.312 e. The van der Waals surface area contributed by atoms with Crippen LogP contribution in [0.15, 0.2) is 47.3 Å². The van der Waals surface area contributed by atoms with Crippen molar-refractivity contribution in [1.29, 1.82) is 0 Å². The summed E-state index contributed by atoms with van der Waals surface area (Å²) in [5.41, 5.74) is 1.90. The topological polar surface area (TPSA) is 113 Å². The van der Waals surface area contributed by atoms with Crippen molar-refractivity contribution in [3.8, 4) is 5.95 Å². The van der Waals surface area contributed by atoms with E-state index >= 15 is 0 Å². The number of amides is 2. The van der Waals surface area contributed by atoms with Crippen LogP contribution in [-0.4, -0.2) is 38.1 Å². The predicted octanol–water partition coefficient (Wildman–Crippen LogP) is 2.13. The van der Waals surface area contributed by atoms with Crippen molar-refractivity contribution in [1.82, 2.24) is 19.7 Å². The molecule has 9 nitrogen and oxygen atoms in total. The van der Waals surface area contributed by atoms with Crippen LogP contribution in [-0.2, 0) is 9.59 Å². The first-order valence-electron chi connectivity index (χ1n) is 10.3. The van der Waals surface area contributed by atoms with E-state index in [-0.39, 0.29) is 29.7 Å². The summed E-state index contributed by atoms with van der Waals surface area (Å²) in [5.74, 6) is 0.223. The highest BCUT2D eigenvalue weighted by Gasteiger charge is 2.36. The summed E-state index contributed by atoms with van der Waals surface area (Å²) in [6.45, 7) is 2.04. The molecule has 1 saturated carbocycles. The Bertz CT molecular complexity index is 1210. The minimum absolute atomic E-state index is 0.0804. The third-order valence-corrected chi connectivity index (χ3v) is 5.60. The molecule has 2 fully saturated rings. The fourth-order valence-electron chi connectivity index (χ4n) is 3.86. The molecule has 2 amide bonds. The molecular formula is C22H22N6O3. The molecule has 1 aliphatic heterocycles. The lowest BCUT2D eigenvalue weighted by Gasteiger charge is -2.16. The van der Waals surface area contributed by atoms with Gasteiger partial charge in [-0.15, -0.1) is 0 Å². The molecule has 9 heteroatoms. The molecule has 2 aromatic heterocycles. The molecule has 5 rings (SSSR count). The number of carbonyl (C=O) groups is 2. The van der Waals surface area contributed by atoms with E-state index in [9.17, 15) is 14.4 Å². The molecule has 2 N–H and O–H groups in total. The highest BCUT2D eigenvalue weighted by atomic mass is 16.2. The highest BCUT2D eigenvalue weighted by molar-refractivity contribution is 6.03. The number of carbonyl (C=O) groups excluding carboxylic acids is 2. The van der Waals surface area contributed by atoms with Gasteiger partial charge in [0, 0.05) is 42.4 Å². The Balaban J connectivity index is 1.40. The standard InChI is InChI=1S/C22H22N6O3/c1-13-9-19(29)25-22(23-13)28-18(11-17(26-28)14-7-8-14)24-21(31)15-10-20(30)27(12-15)16-5-3-2-4-6-16/h2-6,9,11,14-15H,7-8,10,12H2,1H3,(H,24,31)(H,23,25,29). The number of H-pyrrole nitrogens is 1. The number of rotatable bonds is 5. The van der Waals surface area contributed by atoms with Crippen LogP contribution < -0.4 is 15.8 Å². The summed E-state index contributed by atoms with van der Waals surface area (Å²) in [7, 11) is 0. The first-order valence-corrected chi connectivity index (χ1v) is 10.3. The van der Waals surface area contributed by atoms with Crippen LogP contribution in [0.3, 0.4) is 0 Å². The van der Waals surface area contributed by atoms with Crippen LogP contribution in [0, 0.1) is 12.8 Å². The number of aryl methyl sites for hydroxylation is 1. The molecule has 0 spiro atoms. The molecular weight excluding hydrogens is 396 g/mol. The Hall–Kier alpha value is -3.75. The van der Waals surface area contributed by atoms with Crippen LogP contribution >= 0.6 is 0 Å².